The first-order chi connectivity index (χ1) is 8.74. The molecule has 0 N–H and O–H groups in total. The Balaban J connectivity index is 1.93. The molecule has 1 aromatic rings. The normalized spacial score (nSPS) is 10.6. The minimum atomic E-state index is -0.0634. The van der Waals surface area contributed by atoms with Gasteiger partial charge in [0, 0.05) is 25.4 Å². The first kappa shape index (κ1) is 14.7. The van der Waals surface area contributed by atoms with Crippen LogP contribution in [0.5, 0.6) is 0 Å². The van der Waals surface area contributed by atoms with Gasteiger partial charge in [0.1, 0.15) is 5.82 Å². The third-order valence-corrected chi connectivity index (χ3v) is 3.01. The number of carbonyl (C=O) groups is 1. The van der Waals surface area contributed by atoms with Crippen molar-refractivity contribution in [3.8, 4) is 0 Å². The second-order valence-corrected chi connectivity index (χ2v) is 4.49. The second kappa shape index (κ2) is 8.72. The van der Waals surface area contributed by atoms with Crippen LogP contribution in [0.3, 0.4) is 0 Å². The van der Waals surface area contributed by atoms with Gasteiger partial charge in [-0.25, -0.2) is 4.98 Å². The van der Waals surface area contributed by atoms with Crippen molar-refractivity contribution < 1.29 is 9.53 Å². The maximum atomic E-state index is 11.1. The molecular weight excluding hydrogens is 228 g/mol. The molecule has 0 aliphatic rings. The quantitative estimate of drug-likeness (QED) is 0.501. The molecule has 0 amide bonds. The Morgan fingerprint density at radius 2 is 2.00 bits per heavy atom. The largest absolute Gasteiger partial charge is 0.466 e. The van der Waals surface area contributed by atoms with Gasteiger partial charge in [0.25, 0.3) is 0 Å². The highest BCUT2D eigenvalue weighted by Gasteiger charge is 2.01. The van der Waals surface area contributed by atoms with Gasteiger partial charge in [-0.1, -0.05) is 19.3 Å². The van der Waals surface area contributed by atoms with Gasteiger partial charge in [0.05, 0.1) is 6.61 Å². The van der Waals surface area contributed by atoms with E-state index in [1.54, 1.807) is 0 Å². The van der Waals surface area contributed by atoms with E-state index in [0.717, 1.165) is 25.2 Å². The minimum absolute atomic E-state index is 0.0634. The van der Waals surface area contributed by atoms with Crippen LogP contribution in [0, 0.1) is 6.92 Å². The molecule has 0 spiro atoms. The fourth-order valence-electron chi connectivity index (χ4n) is 1.96. The van der Waals surface area contributed by atoms with Crippen molar-refractivity contribution in [2.75, 3.05) is 6.61 Å². The van der Waals surface area contributed by atoms with Gasteiger partial charge >= 0.3 is 5.97 Å². The zero-order valence-corrected chi connectivity index (χ0v) is 11.5. The smallest absolute Gasteiger partial charge is 0.305 e. The zero-order valence-electron chi connectivity index (χ0n) is 11.5. The van der Waals surface area contributed by atoms with Crippen LogP contribution in [0.2, 0.25) is 0 Å². The first-order valence-electron chi connectivity index (χ1n) is 6.87. The van der Waals surface area contributed by atoms with Gasteiger partial charge in [-0.15, -0.1) is 0 Å². The number of esters is 1. The number of hydrogen-bond acceptors (Lipinski definition) is 3. The van der Waals surface area contributed by atoms with Gasteiger partial charge in [-0.05, 0) is 26.7 Å². The van der Waals surface area contributed by atoms with E-state index in [2.05, 4.69) is 9.55 Å². The Morgan fingerprint density at radius 3 is 2.67 bits per heavy atom. The lowest BCUT2D eigenvalue weighted by atomic mass is 10.1. The molecule has 0 aliphatic carbocycles. The summed E-state index contributed by atoms with van der Waals surface area (Å²) in [6.45, 7) is 5.40. The molecule has 18 heavy (non-hydrogen) atoms. The Morgan fingerprint density at radius 1 is 1.28 bits per heavy atom. The third-order valence-electron chi connectivity index (χ3n) is 3.01. The number of rotatable bonds is 9. The van der Waals surface area contributed by atoms with Crippen molar-refractivity contribution in [2.24, 2.45) is 0 Å². The van der Waals surface area contributed by atoms with Gasteiger partial charge in [-0.3, -0.25) is 4.79 Å². The first-order valence-corrected chi connectivity index (χ1v) is 6.87. The Hall–Kier alpha value is -1.32. The molecule has 102 valence electrons. The van der Waals surface area contributed by atoms with Crippen LogP contribution < -0.4 is 0 Å². The molecule has 1 rings (SSSR count). The average Bonchev–Trinajstić information content (AvgIpc) is 2.74. The van der Waals surface area contributed by atoms with E-state index in [1.807, 2.05) is 26.2 Å². The summed E-state index contributed by atoms with van der Waals surface area (Å²) in [6.07, 6.45) is 10.1. The summed E-state index contributed by atoms with van der Waals surface area (Å²) < 4.78 is 7.06. The van der Waals surface area contributed by atoms with Crippen molar-refractivity contribution >= 4 is 5.97 Å². The number of nitrogens with zero attached hydrogens (tertiary/aromatic N) is 2. The van der Waals surface area contributed by atoms with Crippen LogP contribution >= 0.6 is 0 Å². The molecule has 0 atom stereocenters. The summed E-state index contributed by atoms with van der Waals surface area (Å²) in [5.41, 5.74) is 0. The summed E-state index contributed by atoms with van der Waals surface area (Å²) in [6, 6.07) is 0. The predicted molar refractivity (Wildman–Crippen MR) is 71.3 cm³/mol. The Bertz CT molecular complexity index is 347. The van der Waals surface area contributed by atoms with Crippen LogP contribution in [0.15, 0.2) is 12.4 Å². The number of hydrogen-bond donors (Lipinski definition) is 0. The highest BCUT2D eigenvalue weighted by molar-refractivity contribution is 5.69. The van der Waals surface area contributed by atoms with Crippen molar-refractivity contribution in [3.05, 3.63) is 18.2 Å². The van der Waals surface area contributed by atoms with E-state index < -0.39 is 0 Å². The minimum Gasteiger partial charge on any atom is -0.466 e. The molecule has 0 radical (unpaired) electrons. The fourth-order valence-corrected chi connectivity index (χ4v) is 1.96. The summed E-state index contributed by atoms with van der Waals surface area (Å²) in [5, 5.41) is 0. The highest BCUT2D eigenvalue weighted by Crippen LogP contribution is 2.08. The molecule has 0 saturated heterocycles. The molecule has 0 unspecified atom stereocenters. The van der Waals surface area contributed by atoms with Crippen molar-refractivity contribution in [3.63, 3.8) is 0 Å². The molecule has 0 fully saturated rings. The molecule has 4 heteroatoms. The maximum absolute atomic E-state index is 11.1. The SMILES string of the molecule is CCOC(=O)CCCCCCCn1ccnc1C. The van der Waals surface area contributed by atoms with Crippen LogP contribution in [0.4, 0.5) is 0 Å². The topological polar surface area (TPSA) is 44.1 Å². The standard InChI is InChI=1S/C14H24N2O2/c1-3-18-14(17)9-7-5-4-6-8-11-16-12-10-15-13(16)2/h10,12H,3-9,11H2,1-2H3. The maximum Gasteiger partial charge on any atom is 0.305 e. The molecule has 0 bridgehead atoms. The summed E-state index contributed by atoms with van der Waals surface area (Å²) in [5.74, 6) is 1.02. The van der Waals surface area contributed by atoms with Gasteiger partial charge < -0.3 is 9.30 Å². The predicted octanol–water partition coefficient (Wildman–Crippen LogP) is 3.10. The van der Waals surface area contributed by atoms with Gasteiger partial charge in [0.2, 0.25) is 0 Å². The van der Waals surface area contributed by atoms with E-state index in [1.165, 1.54) is 19.3 Å². The number of ether oxygens (including phenoxy) is 1. The molecule has 4 nitrogen and oxygen atoms in total. The van der Waals surface area contributed by atoms with Gasteiger partial charge in [0.15, 0.2) is 0 Å². The molecular formula is C14H24N2O2. The lowest BCUT2D eigenvalue weighted by Crippen LogP contribution is -2.03. The third kappa shape index (κ3) is 5.84. The van der Waals surface area contributed by atoms with Crippen LogP contribution in [0.1, 0.15) is 51.3 Å². The summed E-state index contributed by atoms with van der Waals surface area (Å²) >= 11 is 0. The van der Waals surface area contributed by atoms with Crippen LogP contribution in [0.25, 0.3) is 0 Å². The zero-order chi connectivity index (χ0) is 13.2. The Kier molecular flexibility index (Phi) is 7.14. The average molecular weight is 252 g/mol. The van der Waals surface area contributed by atoms with E-state index in [-0.39, 0.29) is 5.97 Å². The van der Waals surface area contributed by atoms with E-state index in [9.17, 15) is 4.79 Å². The van der Waals surface area contributed by atoms with Crippen molar-refractivity contribution in [1.29, 1.82) is 0 Å². The molecule has 0 aromatic carbocycles. The number of imidazole rings is 1. The molecule has 0 aliphatic heterocycles. The lowest BCUT2D eigenvalue weighted by molar-refractivity contribution is -0.143. The van der Waals surface area contributed by atoms with Crippen LogP contribution in [-0.4, -0.2) is 22.1 Å². The van der Waals surface area contributed by atoms with E-state index in [4.69, 9.17) is 4.74 Å². The lowest BCUT2D eigenvalue weighted by Gasteiger charge is -2.05. The molecule has 1 aromatic heterocycles. The monoisotopic (exact) mass is 252 g/mol. The highest BCUT2D eigenvalue weighted by atomic mass is 16.5. The Labute approximate surface area is 109 Å². The van der Waals surface area contributed by atoms with E-state index in [0.29, 0.717) is 13.0 Å². The number of aromatic nitrogens is 2. The number of unbranched alkanes of at least 4 members (excludes halogenated alkanes) is 4. The molecule has 0 saturated carbocycles. The summed E-state index contributed by atoms with van der Waals surface area (Å²) in [4.78, 5) is 15.3. The van der Waals surface area contributed by atoms with E-state index >= 15 is 0 Å². The fraction of sp³-hybridized carbons (Fsp3) is 0.714. The van der Waals surface area contributed by atoms with Crippen LogP contribution in [-0.2, 0) is 16.1 Å². The number of carbonyl (C=O) groups excluding carboxylic acids is 1. The molecule has 1 heterocycles. The second-order valence-electron chi connectivity index (χ2n) is 4.49. The summed E-state index contributed by atoms with van der Waals surface area (Å²) in [7, 11) is 0. The number of aryl methyl sites for hydroxylation is 2. The van der Waals surface area contributed by atoms with Gasteiger partial charge in [-0.2, -0.15) is 0 Å². The van der Waals surface area contributed by atoms with Crippen molar-refractivity contribution in [1.82, 2.24) is 9.55 Å². The van der Waals surface area contributed by atoms with Crippen molar-refractivity contribution in [2.45, 2.75) is 58.9 Å².